The summed E-state index contributed by atoms with van der Waals surface area (Å²) in [6.45, 7) is 3.35. The molecule has 132 valence electrons. The molecule has 2 N–H and O–H groups in total. The van der Waals surface area contributed by atoms with Crippen LogP contribution in [0.3, 0.4) is 0 Å². The minimum atomic E-state index is -1.30. The van der Waals surface area contributed by atoms with E-state index in [9.17, 15) is 14.7 Å². The van der Waals surface area contributed by atoms with Gasteiger partial charge in [-0.15, -0.1) is 0 Å². The highest BCUT2D eigenvalue weighted by Crippen LogP contribution is 2.29. The lowest BCUT2D eigenvalue weighted by molar-refractivity contribution is -0.145. The van der Waals surface area contributed by atoms with E-state index in [1.807, 2.05) is 0 Å². The molecule has 0 aliphatic carbocycles. The Balaban J connectivity index is 2.14. The zero-order chi connectivity index (χ0) is 18.6. The van der Waals surface area contributed by atoms with Crippen molar-refractivity contribution in [2.24, 2.45) is 0 Å². The van der Waals surface area contributed by atoms with E-state index in [0.717, 1.165) is 5.56 Å². The number of carboxylic acid groups (broad SMARTS) is 1. The molecule has 0 aliphatic rings. The number of carbonyl (C=O) groups excluding carboxylic acids is 1. The predicted molar refractivity (Wildman–Crippen MR) is 99.1 cm³/mol. The van der Waals surface area contributed by atoms with Gasteiger partial charge in [0.05, 0.1) is 21.5 Å². The Morgan fingerprint density at radius 2 is 1.76 bits per heavy atom. The molecule has 25 heavy (non-hydrogen) atoms. The summed E-state index contributed by atoms with van der Waals surface area (Å²) in [5.74, 6) is -1.40. The maximum absolute atomic E-state index is 12.4. The number of hydrogen-bond donors (Lipinski definition) is 2. The number of nitrogens with one attached hydrogen (secondary N) is 1. The van der Waals surface area contributed by atoms with Crippen LogP contribution in [0.4, 0.5) is 0 Å². The van der Waals surface area contributed by atoms with Crippen molar-refractivity contribution in [3.63, 3.8) is 0 Å². The van der Waals surface area contributed by atoms with Gasteiger partial charge >= 0.3 is 5.97 Å². The van der Waals surface area contributed by atoms with Crippen molar-refractivity contribution in [2.75, 3.05) is 0 Å². The van der Waals surface area contributed by atoms with Gasteiger partial charge in [-0.2, -0.15) is 0 Å². The molecule has 0 heterocycles. The maximum Gasteiger partial charge on any atom is 0.314 e. The smallest absolute Gasteiger partial charge is 0.314 e. The van der Waals surface area contributed by atoms with Crippen LogP contribution in [0.25, 0.3) is 0 Å². The zero-order valence-corrected chi connectivity index (χ0v) is 15.4. The van der Waals surface area contributed by atoms with Gasteiger partial charge in [0, 0.05) is 6.42 Å². The van der Waals surface area contributed by atoms with E-state index in [1.54, 1.807) is 62.4 Å². The fraction of sp³-hybridized carbons (Fsp3) is 0.263. The molecule has 6 heteroatoms. The zero-order valence-electron chi connectivity index (χ0n) is 13.9. The van der Waals surface area contributed by atoms with Crippen LogP contribution in [0, 0.1) is 0 Å². The summed E-state index contributed by atoms with van der Waals surface area (Å²) in [5, 5.41) is 13.3. The third kappa shape index (κ3) is 4.53. The summed E-state index contributed by atoms with van der Waals surface area (Å²) in [6, 6.07) is 13.5. The van der Waals surface area contributed by atoms with E-state index in [4.69, 9.17) is 23.2 Å². The van der Waals surface area contributed by atoms with Crippen LogP contribution >= 0.6 is 23.2 Å². The average molecular weight is 380 g/mol. The van der Waals surface area contributed by atoms with Gasteiger partial charge in [-0.05, 0) is 37.1 Å². The molecule has 0 unspecified atom stereocenters. The Labute approximate surface area is 156 Å². The lowest BCUT2D eigenvalue weighted by atomic mass is 9.79. The molecule has 0 fully saturated rings. The fourth-order valence-electron chi connectivity index (χ4n) is 2.59. The highest BCUT2D eigenvalue weighted by atomic mass is 35.5. The fourth-order valence-corrected chi connectivity index (χ4v) is 2.89. The summed E-state index contributed by atoms with van der Waals surface area (Å²) in [5.41, 5.74) is 0.0715. The Kier molecular flexibility index (Phi) is 6.09. The molecule has 2 rings (SSSR count). The van der Waals surface area contributed by atoms with E-state index in [-0.39, 0.29) is 18.4 Å². The Bertz CT molecular complexity index is 779. The molecule has 0 spiro atoms. The van der Waals surface area contributed by atoms with Gasteiger partial charge in [-0.1, -0.05) is 59.6 Å². The van der Waals surface area contributed by atoms with Crippen molar-refractivity contribution < 1.29 is 14.7 Å². The minimum Gasteiger partial charge on any atom is -0.481 e. The molecule has 2 aromatic carbocycles. The Morgan fingerprint density at radius 3 is 2.32 bits per heavy atom. The molecular formula is C19H19Cl2NO3. The van der Waals surface area contributed by atoms with Gasteiger partial charge in [-0.25, -0.2) is 0 Å². The van der Waals surface area contributed by atoms with E-state index < -0.39 is 11.4 Å². The molecule has 0 saturated heterocycles. The predicted octanol–water partition coefficient (Wildman–Crippen LogP) is 4.60. The first-order chi connectivity index (χ1) is 11.7. The first-order valence-electron chi connectivity index (χ1n) is 7.77. The average Bonchev–Trinajstić information content (AvgIpc) is 2.57. The van der Waals surface area contributed by atoms with Crippen molar-refractivity contribution in [1.82, 2.24) is 5.32 Å². The van der Waals surface area contributed by atoms with Gasteiger partial charge in [0.2, 0.25) is 5.91 Å². The normalized spacial score (nSPS) is 14.4. The summed E-state index contributed by atoms with van der Waals surface area (Å²) >= 11 is 11.9. The van der Waals surface area contributed by atoms with Crippen LogP contribution in [-0.4, -0.2) is 17.0 Å². The molecule has 0 bridgehead atoms. The van der Waals surface area contributed by atoms with Crippen molar-refractivity contribution in [1.29, 1.82) is 0 Å². The number of carbonyl (C=O) groups is 2. The summed E-state index contributed by atoms with van der Waals surface area (Å²) in [6.07, 6.45) is -0.169. The summed E-state index contributed by atoms with van der Waals surface area (Å²) in [4.78, 5) is 24.2. The molecule has 0 aromatic heterocycles. The number of halogens is 2. The van der Waals surface area contributed by atoms with E-state index in [2.05, 4.69) is 5.32 Å². The second-order valence-electron chi connectivity index (χ2n) is 6.14. The van der Waals surface area contributed by atoms with Crippen LogP contribution in [0.5, 0.6) is 0 Å². The summed E-state index contributed by atoms with van der Waals surface area (Å²) in [7, 11) is 0. The third-order valence-corrected chi connectivity index (χ3v) is 4.96. The van der Waals surface area contributed by atoms with Gasteiger partial charge in [0.1, 0.15) is 0 Å². The molecule has 2 aromatic rings. The SMILES string of the molecule is C[C@@H](NC(=O)C[C@](C)(C(=O)O)c1ccccc1)c1ccc(Cl)c(Cl)c1. The topological polar surface area (TPSA) is 66.4 Å². The van der Waals surface area contributed by atoms with Gasteiger partial charge in [0.25, 0.3) is 0 Å². The van der Waals surface area contributed by atoms with Crippen molar-refractivity contribution in [2.45, 2.75) is 31.7 Å². The van der Waals surface area contributed by atoms with Crippen LogP contribution < -0.4 is 5.32 Å². The minimum absolute atomic E-state index is 0.169. The Hall–Kier alpha value is -2.04. The lowest BCUT2D eigenvalue weighted by Gasteiger charge is -2.26. The molecule has 1 amide bonds. The number of rotatable bonds is 6. The first kappa shape index (κ1) is 19.3. The second-order valence-corrected chi connectivity index (χ2v) is 6.96. The van der Waals surface area contributed by atoms with Crippen molar-refractivity contribution in [3.8, 4) is 0 Å². The van der Waals surface area contributed by atoms with Crippen LogP contribution in [-0.2, 0) is 15.0 Å². The number of amides is 1. The highest BCUT2D eigenvalue weighted by Gasteiger charge is 2.37. The number of aliphatic carboxylic acids is 1. The van der Waals surface area contributed by atoms with E-state index in [1.165, 1.54) is 0 Å². The molecule has 4 nitrogen and oxygen atoms in total. The van der Waals surface area contributed by atoms with E-state index in [0.29, 0.717) is 15.6 Å². The monoisotopic (exact) mass is 379 g/mol. The van der Waals surface area contributed by atoms with Crippen LogP contribution in [0.15, 0.2) is 48.5 Å². The lowest BCUT2D eigenvalue weighted by Crippen LogP contribution is -2.39. The van der Waals surface area contributed by atoms with Gasteiger partial charge in [0.15, 0.2) is 0 Å². The third-order valence-electron chi connectivity index (χ3n) is 4.22. The van der Waals surface area contributed by atoms with Crippen molar-refractivity contribution >= 4 is 35.1 Å². The number of carboxylic acids is 1. The number of hydrogen-bond acceptors (Lipinski definition) is 2. The largest absolute Gasteiger partial charge is 0.481 e. The highest BCUT2D eigenvalue weighted by molar-refractivity contribution is 6.42. The quantitative estimate of drug-likeness (QED) is 0.770. The maximum atomic E-state index is 12.4. The van der Waals surface area contributed by atoms with Crippen LogP contribution in [0.2, 0.25) is 10.0 Å². The Morgan fingerprint density at radius 1 is 1.12 bits per heavy atom. The molecule has 0 aliphatic heterocycles. The molecule has 0 radical (unpaired) electrons. The molecule has 0 saturated carbocycles. The first-order valence-corrected chi connectivity index (χ1v) is 8.53. The standard InChI is InChI=1S/C19H19Cl2NO3/c1-12(13-8-9-15(20)16(21)10-13)22-17(23)11-19(2,18(24)25)14-6-4-3-5-7-14/h3-10,12H,11H2,1-2H3,(H,22,23)(H,24,25)/t12-,19+/m1/s1. The van der Waals surface area contributed by atoms with Crippen molar-refractivity contribution in [3.05, 3.63) is 69.7 Å². The van der Waals surface area contributed by atoms with Gasteiger partial charge < -0.3 is 10.4 Å². The summed E-state index contributed by atoms with van der Waals surface area (Å²) < 4.78 is 0. The molecule has 2 atom stereocenters. The second kappa shape index (κ2) is 7.89. The van der Waals surface area contributed by atoms with Gasteiger partial charge in [-0.3, -0.25) is 9.59 Å². The van der Waals surface area contributed by atoms with Crippen LogP contribution in [0.1, 0.15) is 37.4 Å². The molecular weight excluding hydrogens is 361 g/mol. The number of benzene rings is 2. The van der Waals surface area contributed by atoms with E-state index >= 15 is 0 Å².